The second-order valence-corrected chi connectivity index (χ2v) is 5.87. The summed E-state index contributed by atoms with van der Waals surface area (Å²) in [5.74, 6) is 0.319. The number of hydrogen-bond acceptors (Lipinski definition) is 3. The molecule has 0 aliphatic rings. The molecule has 0 amide bonds. The Bertz CT molecular complexity index is 629. The molecule has 0 spiro atoms. The van der Waals surface area contributed by atoms with Gasteiger partial charge in [-0.1, -0.05) is 41.4 Å². The van der Waals surface area contributed by atoms with E-state index in [1.807, 2.05) is 24.3 Å². The standard InChI is InChI=1S/C15H12Cl2O2S/c1-19-15(18)12-4-2-3-5-14(12)20-9-10-6-7-11(16)8-13(10)17/h2-8H,9H2,1H3. The number of hydrogen-bond donors (Lipinski definition) is 0. The van der Waals surface area contributed by atoms with Crippen molar-refractivity contribution in [2.24, 2.45) is 0 Å². The first kappa shape index (κ1) is 15.2. The molecule has 0 aliphatic carbocycles. The number of benzene rings is 2. The van der Waals surface area contributed by atoms with Crippen molar-refractivity contribution < 1.29 is 9.53 Å². The predicted molar refractivity (Wildman–Crippen MR) is 83.8 cm³/mol. The van der Waals surface area contributed by atoms with Gasteiger partial charge in [-0.3, -0.25) is 0 Å². The molecular formula is C15H12Cl2O2S. The van der Waals surface area contributed by atoms with E-state index in [0.29, 0.717) is 21.4 Å². The molecule has 2 aromatic carbocycles. The number of ether oxygens (including phenoxy) is 1. The van der Waals surface area contributed by atoms with E-state index in [2.05, 4.69) is 0 Å². The minimum atomic E-state index is -0.338. The maximum atomic E-state index is 11.7. The smallest absolute Gasteiger partial charge is 0.338 e. The fourth-order valence-corrected chi connectivity index (χ4v) is 3.26. The van der Waals surface area contributed by atoms with Gasteiger partial charge in [-0.25, -0.2) is 4.79 Å². The molecule has 2 aromatic rings. The molecule has 0 unspecified atom stereocenters. The number of carbonyl (C=O) groups is 1. The molecule has 2 nitrogen and oxygen atoms in total. The van der Waals surface area contributed by atoms with Gasteiger partial charge in [0.1, 0.15) is 0 Å². The number of esters is 1. The minimum absolute atomic E-state index is 0.338. The van der Waals surface area contributed by atoms with Crippen molar-refractivity contribution in [2.75, 3.05) is 7.11 Å². The molecule has 0 atom stereocenters. The van der Waals surface area contributed by atoms with Gasteiger partial charge < -0.3 is 4.74 Å². The van der Waals surface area contributed by atoms with E-state index in [1.165, 1.54) is 18.9 Å². The number of methoxy groups -OCH3 is 1. The molecule has 0 N–H and O–H groups in total. The summed E-state index contributed by atoms with van der Waals surface area (Å²) in [5.41, 5.74) is 1.53. The third kappa shape index (κ3) is 3.69. The van der Waals surface area contributed by atoms with Crippen LogP contribution in [0.25, 0.3) is 0 Å². The van der Waals surface area contributed by atoms with Crippen LogP contribution in [-0.2, 0) is 10.5 Å². The molecule has 5 heteroatoms. The van der Waals surface area contributed by atoms with Crippen molar-refractivity contribution in [2.45, 2.75) is 10.6 Å². The first-order valence-electron chi connectivity index (χ1n) is 5.86. The molecule has 0 radical (unpaired) electrons. The van der Waals surface area contributed by atoms with Gasteiger partial charge in [-0.2, -0.15) is 0 Å². The Balaban J connectivity index is 2.17. The van der Waals surface area contributed by atoms with Crippen LogP contribution in [0.4, 0.5) is 0 Å². The summed E-state index contributed by atoms with van der Waals surface area (Å²) >= 11 is 13.5. The third-order valence-corrected chi connectivity index (χ3v) is 4.40. The zero-order valence-corrected chi connectivity index (χ0v) is 13.1. The Morgan fingerprint density at radius 2 is 1.95 bits per heavy atom. The summed E-state index contributed by atoms with van der Waals surface area (Å²) < 4.78 is 4.77. The summed E-state index contributed by atoms with van der Waals surface area (Å²) in [6.45, 7) is 0. The average Bonchev–Trinajstić information content (AvgIpc) is 2.46. The number of carbonyl (C=O) groups excluding carboxylic acids is 1. The average molecular weight is 327 g/mol. The number of rotatable bonds is 4. The molecule has 2 rings (SSSR count). The van der Waals surface area contributed by atoms with Crippen molar-refractivity contribution in [1.29, 1.82) is 0 Å². The first-order valence-corrected chi connectivity index (χ1v) is 7.60. The van der Waals surface area contributed by atoms with Crippen LogP contribution in [0.15, 0.2) is 47.4 Å². The molecule has 0 saturated heterocycles. The van der Waals surface area contributed by atoms with E-state index in [0.717, 1.165) is 10.5 Å². The first-order chi connectivity index (χ1) is 9.61. The number of thioether (sulfide) groups is 1. The topological polar surface area (TPSA) is 26.3 Å². The maximum Gasteiger partial charge on any atom is 0.338 e. The fourth-order valence-electron chi connectivity index (χ4n) is 1.67. The third-order valence-electron chi connectivity index (χ3n) is 2.69. The highest BCUT2D eigenvalue weighted by molar-refractivity contribution is 7.98. The van der Waals surface area contributed by atoms with Gasteiger partial charge in [-0.05, 0) is 29.8 Å². The Kier molecular flexibility index (Phi) is 5.35. The predicted octanol–water partition coefficient (Wildman–Crippen LogP) is 5.07. The van der Waals surface area contributed by atoms with Crippen molar-refractivity contribution in [1.82, 2.24) is 0 Å². The fraction of sp³-hybridized carbons (Fsp3) is 0.133. The zero-order valence-electron chi connectivity index (χ0n) is 10.7. The Morgan fingerprint density at radius 1 is 1.20 bits per heavy atom. The zero-order chi connectivity index (χ0) is 14.5. The van der Waals surface area contributed by atoms with Crippen LogP contribution in [0.3, 0.4) is 0 Å². The highest BCUT2D eigenvalue weighted by atomic mass is 35.5. The summed E-state index contributed by atoms with van der Waals surface area (Å²) in [4.78, 5) is 12.5. The van der Waals surface area contributed by atoms with E-state index in [4.69, 9.17) is 27.9 Å². The molecule has 0 aromatic heterocycles. The largest absolute Gasteiger partial charge is 0.465 e. The van der Waals surface area contributed by atoms with Gasteiger partial charge in [0.05, 0.1) is 12.7 Å². The lowest BCUT2D eigenvalue weighted by Gasteiger charge is -2.08. The van der Waals surface area contributed by atoms with E-state index in [9.17, 15) is 4.79 Å². The molecule has 0 aliphatic heterocycles. The van der Waals surface area contributed by atoms with Crippen LogP contribution in [-0.4, -0.2) is 13.1 Å². The molecule has 0 heterocycles. The van der Waals surface area contributed by atoms with Gasteiger partial charge in [-0.15, -0.1) is 11.8 Å². The highest BCUT2D eigenvalue weighted by Gasteiger charge is 2.12. The van der Waals surface area contributed by atoms with Crippen LogP contribution in [0.2, 0.25) is 10.0 Å². The maximum absolute atomic E-state index is 11.7. The van der Waals surface area contributed by atoms with Crippen LogP contribution in [0.5, 0.6) is 0 Å². The number of halogens is 2. The van der Waals surface area contributed by atoms with Crippen LogP contribution < -0.4 is 0 Å². The van der Waals surface area contributed by atoms with Crippen LogP contribution in [0, 0.1) is 0 Å². The second-order valence-electron chi connectivity index (χ2n) is 4.01. The molecule has 104 valence electrons. The van der Waals surface area contributed by atoms with E-state index in [-0.39, 0.29) is 5.97 Å². The Morgan fingerprint density at radius 3 is 2.65 bits per heavy atom. The van der Waals surface area contributed by atoms with Gasteiger partial charge >= 0.3 is 5.97 Å². The van der Waals surface area contributed by atoms with Crippen LogP contribution in [0.1, 0.15) is 15.9 Å². The summed E-state index contributed by atoms with van der Waals surface area (Å²) in [7, 11) is 1.37. The summed E-state index contributed by atoms with van der Waals surface area (Å²) in [6, 6.07) is 12.7. The van der Waals surface area contributed by atoms with E-state index < -0.39 is 0 Å². The molecule has 0 bridgehead atoms. The quantitative estimate of drug-likeness (QED) is 0.579. The van der Waals surface area contributed by atoms with E-state index in [1.54, 1.807) is 18.2 Å². The minimum Gasteiger partial charge on any atom is -0.465 e. The lowest BCUT2D eigenvalue weighted by molar-refractivity contribution is 0.0597. The van der Waals surface area contributed by atoms with Gasteiger partial charge in [0, 0.05) is 20.7 Å². The van der Waals surface area contributed by atoms with Crippen molar-refractivity contribution >= 4 is 40.9 Å². The monoisotopic (exact) mass is 326 g/mol. The van der Waals surface area contributed by atoms with E-state index >= 15 is 0 Å². The van der Waals surface area contributed by atoms with Crippen LogP contribution >= 0.6 is 35.0 Å². The highest BCUT2D eigenvalue weighted by Crippen LogP contribution is 2.30. The molecule has 0 saturated carbocycles. The lowest BCUT2D eigenvalue weighted by Crippen LogP contribution is -2.02. The molecular weight excluding hydrogens is 315 g/mol. The van der Waals surface area contributed by atoms with Gasteiger partial charge in [0.15, 0.2) is 0 Å². The van der Waals surface area contributed by atoms with Crippen molar-refractivity contribution in [3.63, 3.8) is 0 Å². The van der Waals surface area contributed by atoms with Gasteiger partial charge in [0.25, 0.3) is 0 Å². The summed E-state index contributed by atoms with van der Waals surface area (Å²) in [6.07, 6.45) is 0. The second kappa shape index (κ2) is 7.02. The van der Waals surface area contributed by atoms with Crippen molar-refractivity contribution in [3.8, 4) is 0 Å². The summed E-state index contributed by atoms with van der Waals surface area (Å²) in [5, 5.41) is 1.24. The molecule has 20 heavy (non-hydrogen) atoms. The Hall–Kier alpha value is -1.16. The normalized spacial score (nSPS) is 10.3. The van der Waals surface area contributed by atoms with Gasteiger partial charge in [0.2, 0.25) is 0 Å². The molecule has 0 fully saturated rings. The van der Waals surface area contributed by atoms with Crippen molar-refractivity contribution in [3.05, 3.63) is 63.6 Å². The SMILES string of the molecule is COC(=O)c1ccccc1SCc1ccc(Cl)cc1Cl. The Labute approximate surface area is 132 Å². The lowest BCUT2D eigenvalue weighted by atomic mass is 10.2.